The first-order valence-corrected chi connectivity index (χ1v) is 12.6. The molecular formula is C30H28F3N7O2. The van der Waals surface area contributed by atoms with Crippen LogP contribution in [-0.4, -0.2) is 37.8 Å². The van der Waals surface area contributed by atoms with Gasteiger partial charge in [0.2, 0.25) is 0 Å². The second kappa shape index (κ2) is 12.5. The molecule has 0 unspecified atom stereocenters. The van der Waals surface area contributed by atoms with E-state index in [2.05, 4.69) is 31.8 Å². The molecule has 5 rings (SSSR count). The van der Waals surface area contributed by atoms with E-state index in [0.717, 1.165) is 6.29 Å². The van der Waals surface area contributed by atoms with Gasteiger partial charge in [0.1, 0.15) is 24.1 Å². The number of carbonyl (C=O) groups is 1. The molecule has 42 heavy (non-hydrogen) atoms. The van der Waals surface area contributed by atoms with Crippen molar-refractivity contribution in [3.63, 3.8) is 0 Å². The minimum atomic E-state index is -2.76. The number of nitrogens with zero attached hydrogens (tertiary/aromatic N) is 5. The van der Waals surface area contributed by atoms with Crippen molar-refractivity contribution in [3.05, 3.63) is 84.2 Å². The number of aromatic nitrogens is 5. The summed E-state index contributed by atoms with van der Waals surface area (Å²) in [4.78, 5) is 25.9. The van der Waals surface area contributed by atoms with E-state index in [9.17, 15) is 13.6 Å². The lowest BCUT2D eigenvalue weighted by atomic mass is 9.95. The highest BCUT2D eigenvalue weighted by atomic mass is 19.3. The number of halogens is 3. The van der Waals surface area contributed by atoms with Crippen LogP contribution >= 0.6 is 0 Å². The van der Waals surface area contributed by atoms with Crippen LogP contribution in [0.2, 0.25) is 0 Å². The van der Waals surface area contributed by atoms with Crippen molar-refractivity contribution in [2.24, 2.45) is 7.05 Å². The number of allylic oxidation sites excluding steroid dienone is 1. The number of nitrogens with one attached hydrogen (secondary N) is 1. The van der Waals surface area contributed by atoms with Crippen molar-refractivity contribution in [1.29, 1.82) is 0 Å². The molecule has 0 aliphatic carbocycles. The minimum absolute atomic E-state index is 0.00124. The zero-order valence-electron chi connectivity index (χ0n) is 23.3. The van der Waals surface area contributed by atoms with Gasteiger partial charge in [-0.05, 0) is 55.3 Å². The molecule has 0 aliphatic heterocycles. The first kappa shape index (κ1) is 29.7. The summed E-state index contributed by atoms with van der Waals surface area (Å²) >= 11 is 0. The second-order valence-electron chi connectivity index (χ2n) is 9.28. The van der Waals surface area contributed by atoms with Gasteiger partial charge in [-0.1, -0.05) is 18.7 Å². The molecule has 3 N–H and O–H groups in total. The molecule has 0 atom stereocenters. The number of carbonyl (C=O) groups excluding carboxylic acids is 1. The van der Waals surface area contributed by atoms with Crippen molar-refractivity contribution in [2.45, 2.75) is 20.3 Å². The Balaban J connectivity index is 0.000000748. The first-order chi connectivity index (χ1) is 20.0. The third kappa shape index (κ3) is 6.07. The van der Waals surface area contributed by atoms with Crippen LogP contribution < -0.4 is 15.8 Å². The molecule has 0 spiro atoms. The molecular weight excluding hydrogens is 547 g/mol. The SMILES string of the molecule is C=C(C)C=O.CNc1ccc(-c2c(-c3ccc(Oc4nccc(C)n4)c(F)c3)c3c(N)ncnc3n2C)c(C(F)F)c1. The number of hydrogen-bond acceptors (Lipinski definition) is 8. The molecule has 3 aromatic heterocycles. The summed E-state index contributed by atoms with van der Waals surface area (Å²) in [6.07, 6.45) is 0.761. The number of fused-ring (bicyclic) bond motifs is 1. The van der Waals surface area contributed by atoms with E-state index < -0.39 is 12.2 Å². The van der Waals surface area contributed by atoms with Gasteiger partial charge in [0.25, 0.3) is 6.43 Å². The van der Waals surface area contributed by atoms with Crippen LogP contribution in [0.1, 0.15) is 24.6 Å². The molecule has 12 heteroatoms. The topological polar surface area (TPSA) is 121 Å². The fourth-order valence-corrected chi connectivity index (χ4v) is 4.30. The molecule has 0 aliphatic rings. The van der Waals surface area contributed by atoms with E-state index in [1.165, 1.54) is 30.7 Å². The van der Waals surface area contributed by atoms with Crippen LogP contribution in [0.3, 0.4) is 0 Å². The number of nitrogen functional groups attached to an aromatic ring is 1. The van der Waals surface area contributed by atoms with Gasteiger partial charge in [0, 0.05) is 48.4 Å². The number of aryl methyl sites for hydroxylation is 2. The second-order valence-corrected chi connectivity index (χ2v) is 9.28. The van der Waals surface area contributed by atoms with Gasteiger partial charge in [-0.3, -0.25) is 4.79 Å². The number of aldehydes is 1. The molecule has 0 saturated heterocycles. The Bertz CT molecular complexity index is 1790. The summed E-state index contributed by atoms with van der Waals surface area (Å²) in [6.45, 7) is 6.73. The number of benzene rings is 2. The van der Waals surface area contributed by atoms with Crippen molar-refractivity contribution in [3.8, 4) is 34.1 Å². The minimum Gasteiger partial charge on any atom is -0.421 e. The highest BCUT2D eigenvalue weighted by Gasteiger charge is 2.26. The molecule has 0 fully saturated rings. The third-order valence-electron chi connectivity index (χ3n) is 6.22. The summed E-state index contributed by atoms with van der Waals surface area (Å²) < 4.78 is 50.9. The maximum absolute atomic E-state index is 15.3. The smallest absolute Gasteiger partial charge is 0.322 e. The monoisotopic (exact) mass is 575 g/mol. The average Bonchev–Trinajstić information content (AvgIpc) is 3.27. The quantitative estimate of drug-likeness (QED) is 0.163. The Kier molecular flexibility index (Phi) is 8.84. The van der Waals surface area contributed by atoms with Crippen LogP contribution in [0.4, 0.5) is 24.7 Å². The van der Waals surface area contributed by atoms with Gasteiger partial charge in [-0.25, -0.2) is 33.1 Å². The molecule has 2 aromatic carbocycles. The lowest BCUT2D eigenvalue weighted by Gasteiger charge is -2.15. The van der Waals surface area contributed by atoms with Crippen LogP contribution in [0, 0.1) is 12.7 Å². The fraction of sp³-hybridized carbons (Fsp3) is 0.167. The number of alkyl halides is 2. The average molecular weight is 576 g/mol. The summed E-state index contributed by atoms with van der Waals surface area (Å²) in [6, 6.07) is 10.7. The maximum atomic E-state index is 15.3. The van der Waals surface area contributed by atoms with Crippen LogP contribution in [0.25, 0.3) is 33.4 Å². The number of anilines is 2. The maximum Gasteiger partial charge on any atom is 0.322 e. The molecule has 0 bridgehead atoms. The standard InChI is InChI=1S/C26H22F3N7O.C4H6O/c1-13-8-9-32-26(35-13)37-19-7-4-14(10-18(19)27)20-21-24(30)33-12-34-25(21)36(3)22(20)16-6-5-15(31-2)11-17(16)23(28)29;1-4(2)3-5/h4-12,23,31H,1-3H3,(H2,30,33,34);3H,1H2,2H3. The molecule has 0 radical (unpaired) electrons. The van der Waals surface area contributed by atoms with Gasteiger partial charge >= 0.3 is 6.01 Å². The predicted molar refractivity (Wildman–Crippen MR) is 156 cm³/mol. The zero-order valence-corrected chi connectivity index (χ0v) is 23.3. The number of hydrogen-bond donors (Lipinski definition) is 2. The molecule has 9 nitrogen and oxygen atoms in total. The molecule has 216 valence electrons. The lowest BCUT2D eigenvalue weighted by molar-refractivity contribution is -0.104. The van der Waals surface area contributed by atoms with Gasteiger partial charge in [0.15, 0.2) is 11.6 Å². The van der Waals surface area contributed by atoms with E-state index in [0.29, 0.717) is 44.8 Å². The molecule has 3 heterocycles. The van der Waals surface area contributed by atoms with Crippen molar-refractivity contribution >= 4 is 28.8 Å². The van der Waals surface area contributed by atoms with E-state index in [1.54, 1.807) is 56.8 Å². The summed E-state index contributed by atoms with van der Waals surface area (Å²) in [7, 11) is 3.34. The van der Waals surface area contributed by atoms with Crippen molar-refractivity contribution in [2.75, 3.05) is 18.1 Å². The highest BCUT2D eigenvalue weighted by Crippen LogP contribution is 2.45. The molecule has 5 aromatic rings. The Hall–Kier alpha value is -5.26. The predicted octanol–water partition coefficient (Wildman–Crippen LogP) is 6.66. The van der Waals surface area contributed by atoms with Crippen LogP contribution in [-0.2, 0) is 11.8 Å². The van der Waals surface area contributed by atoms with Gasteiger partial charge < -0.3 is 20.4 Å². The van der Waals surface area contributed by atoms with E-state index in [-0.39, 0.29) is 28.7 Å². The summed E-state index contributed by atoms with van der Waals surface area (Å²) in [5, 5.41) is 3.30. The van der Waals surface area contributed by atoms with Crippen molar-refractivity contribution in [1.82, 2.24) is 24.5 Å². The molecule has 0 saturated carbocycles. The van der Waals surface area contributed by atoms with Gasteiger partial charge in [-0.2, -0.15) is 0 Å². The lowest BCUT2D eigenvalue weighted by Crippen LogP contribution is -2.00. The molecule has 0 amide bonds. The van der Waals surface area contributed by atoms with E-state index in [4.69, 9.17) is 10.5 Å². The Morgan fingerprint density at radius 3 is 2.50 bits per heavy atom. The van der Waals surface area contributed by atoms with Crippen LogP contribution in [0.5, 0.6) is 11.8 Å². The highest BCUT2D eigenvalue weighted by molar-refractivity contribution is 6.08. The number of rotatable bonds is 7. The Morgan fingerprint density at radius 1 is 1.14 bits per heavy atom. The summed E-state index contributed by atoms with van der Waals surface area (Å²) in [5.74, 6) is -0.645. The van der Waals surface area contributed by atoms with Gasteiger partial charge in [0.05, 0.1) is 11.1 Å². The van der Waals surface area contributed by atoms with E-state index >= 15 is 4.39 Å². The van der Waals surface area contributed by atoms with E-state index in [1.807, 2.05) is 0 Å². The first-order valence-electron chi connectivity index (χ1n) is 12.6. The largest absolute Gasteiger partial charge is 0.421 e. The fourth-order valence-electron chi connectivity index (χ4n) is 4.30. The van der Waals surface area contributed by atoms with Crippen molar-refractivity contribution < 1.29 is 22.7 Å². The number of ether oxygens (including phenoxy) is 1. The summed E-state index contributed by atoms with van der Waals surface area (Å²) in [5.41, 5.74) is 9.69. The zero-order chi connectivity index (χ0) is 30.6. The van der Waals surface area contributed by atoms with Crippen LogP contribution in [0.15, 0.2) is 67.1 Å². The Morgan fingerprint density at radius 2 is 1.88 bits per heavy atom. The Labute approximate surface area is 239 Å². The third-order valence-corrected chi connectivity index (χ3v) is 6.22. The van der Waals surface area contributed by atoms with Gasteiger partial charge in [-0.15, -0.1) is 0 Å². The number of nitrogens with two attached hydrogens (primary N) is 1. The normalized spacial score (nSPS) is 10.8.